The molecular formula is C13H15F2N3. The van der Waals surface area contributed by atoms with Gasteiger partial charge in [0.05, 0.1) is 6.20 Å². The summed E-state index contributed by atoms with van der Waals surface area (Å²) in [6.07, 6.45) is 3.86. The molecule has 2 aromatic rings. The number of benzene rings is 1. The number of rotatable bonds is 4. The Morgan fingerprint density at radius 3 is 2.56 bits per heavy atom. The van der Waals surface area contributed by atoms with Crippen LogP contribution in [-0.4, -0.2) is 9.78 Å². The molecule has 0 amide bonds. The van der Waals surface area contributed by atoms with E-state index in [1.54, 1.807) is 10.9 Å². The predicted octanol–water partition coefficient (Wildman–Crippen LogP) is 2.42. The van der Waals surface area contributed by atoms with E-state index < -0.39 is 17.7 Å². The van der Waals surface area contributed by atoms with Gasteiger partial charge >= 0.3 is 0 Å². The lowest BCUT2D eigenvalue weighted by Crippen LogP contribution is -2.16. The molecule has 0 aliphatic heterocycles. The molecule has 0 fully saturated rings. The van der Waals surface area contributed by atoms with Crippen molar-refractivity contribution in [1.82, 2.24) is 9.78 Å². The molecule has 1 unspecified atom stereocenters. The van der Waals surface area contributed by atoms with E-state index in [9.17, 15) is 8.78 Å². The summed E-state index contributed by atoms with van der Waals surface area (Å²) in [4.78, 5) is 0. The lowest BCUT2D eigenvalue weighted by molar-refractivity contribution is 0.524. The van der Waals surface area contributed by atoms with Crippen LogP contribution in [0.4, 0.5) is 8.78 Å². The number of aromatic nitrogens is 2. The molecule has 1 aromatic heterocycles. The van der Waals surface area contributed by atoms with Crippen LogP contribution in [0.5, 0.6) is 0 Å². The van der Waals surface area contributed by atoms with E-state index in [2.05, 4.69) is 5.10 Å². The Kier molecular flexibility index (Phi) is 3.72. The Balaban J connectivity index is 2.19. The zero-order chi connectivity index (χ0) is 13.1. The highest BCUT2D eigenvalue weighted by molar-refractivity contribution is 5.25. The minimum atomic E-state index is -0.708. The van der Waals surface area contributed by atoms with Crippen molar-refractivity contribution >= 4 is 0 Å². The van der Waals surface area contributed by atoms with Crippen LogP contribution in [0.3, 0.4) is 0 Å². The molecule has 3 nitrogen and oxygen atoms in total. The summed E-state index contributed by atoms with van der Waals surface area (Å²) in [6, 6.07) is 3.05. The first-order chi connectivity index (χ1) is 8.61. The van der Waals surface area contributed by atoms with E-state index in [1.807, 2.05) is 13.1 Å². The lowest BCUT2D eigenvalue weighted by Gasteiger charge is -2.12. The molecule has 0 aliphatic carbocycles. The fraction of sp³-hybridized carbons (Fsp3) is 0.308. The first kappa shape index (κ1) is 12.7. The van der Waals surface area contributed by atoms with Gasteiger partial charge in [-0.1, -0.05) is 6.07 Å². The number of hydrogen-bond donors (Lipinski definition) is 1. The largest absolute Gasteiger partial charge is 0.323 e. The molecule has 1 heterocycles. The smallest absolute Gasteiger partial charge is 0.130 e. The number of hydrogen-bond acceptors (Lipinski definition) is 2. The Morgan fingerprint density at radius 1 is 1.33 bits per heavy atom. The normalized spacial score (nSPS) is 12.7. The summed E-state index contributed by atoms with van der Waals surface area (Å²) in [5.74, 6) is -1.21. The molecule has 0 bridgehead atoms. The second-order valence-electron chi connectivity index (χ2n) is 4.15. The molecule has 0 saturated carbocycles. The molecule has 2 rings (SSSR count). The van der Waals surface area contributed by atoms with Gasteiger partial charge in [-0.15, -0.1) is 0 Å². The van der Waals surface area contributed by atoms with E-state index in [4.69, 9.17) is 5.73 Å². The Bertz CT molecular complexity index is 517. The summed E-state index contributed by atoms with van der Waals surface area (Å²) in [5.41, 5.74) is 6.66. The summed E-state index contributed by atoms with van der Waals surface area (Å²) in [5, 5.41) is 4.10. The van der Waals surface area contributed by atoms with E-state index in [-0.39, 0.29) is 5.56 Å². The van der Waals surface area contributed by atoms with Gasteiger partial charge in [0.2, 0.25) is 0 Å². The third-order valence-corrected chi connectivity index (χ3v) is 2.84. The predicted molar refractivity (Wildman–Crippen MR) is 64.9 cm³/mol. The van der Waals surface area contributed by atoms with Crippen molar-refractivity contribution in [2.45, 2.75) is 25.9 Å². The maximum absolute atomic E-state index is 13.5. The zero-order valence-electron chi connectivity index (χ0n) is 10.1. The molecule has 5 heteroatoms. The van der Waals surface area contributed by atoms with Gasteiger partial charge in [0, 0.05) is 24.3 Å². The van der Waals surface area contributed by atoms with E-state index in [0.29, 0.717) is 6.42 Å². The third-order valence-electron chi connectivity index (χ3n) is 2.84. The van der Waals surface area contributed by atoms with Gasteiger partial charge in [0.15, 0.2) is 0 Å². The highest BCUT2D eigenvalue weighted by atomic mass is 19.1. The van der Waals surface area contributed by atoms with Gasteiger partial charge in [0.1, 0.15) is 11.6 Å². The van der Waals surface area contributed by atoms with Gasteiger partial charge in [-0.2, -0.15) is 5.10 Å². The minimum absolute atomic E-state index is 0.0678. The Hall–Kier alpha value is -1.75. The molecule has 0 saturated heterocycles. The van der Waals surface area contributed by atoms with Crippen LogP contribution < -0.4 is 5.73 Å². The van der Waals surface area contributed by atoms with Crippen LogP contribution in [0.1, 0.15) is 24.1 Å². The average molecular weight is 251 g/mol. The summed E-state index contributed by atoms with van der Waals surface area (Å²) < 4.78 is 28.8. The van der Waals surface area contributed by atoms with Crippen LogP contribution in [0.25, 0.3) is 0 Å². The monoisotopic (exact) mass is 251 g/mol. The van der Waals surface area contributed by atoms with Crippen LogP contribution in [-0.2, 0) is 13.0 Å². The maximum atomic E-state index is 13.5. The van der Waals surface area contributed by atoms with Gasteiger partial charge < -0.3 is 5.73 Å². The maximum Gasteiger partial charge on any atom is 0.130 e. The van der Waals surface area contributed by atoms with Crippen molar-refractivity contribution in [3.63, 3.8) is 0 Å². The molecule has 96 valence electrons. The molecule has 18 heavy (non-hydrogen) atoms. The Labute approximate surface area is 104 Å². The summed E-state index contributed by atoms with van der Waals surface area (Å²) in [6.45, 7) is 2.72. The first-order valence-corrected chi connectivity index (χ1v) is 5.82. The van der Waals surface area contributed by atoms with Crippen molar-refractivity contribution in [1.29, 1.82) is 0 Å². The molecule has 0 radical (unpaired) electrons. The van der Waals surface area contributed by atoms with Crippen molar-refractivity contribution in [2.24, 2.45) is 5.73 Å². The molecular weight excluding hydrogens is 236 g/mol. The first-order valence-electron chi connectivity index (χ1n) is 5.82. The summed E-state index contributed by atoms with van der Waals surface area (Å²) >= 11 is 0. The summed E-state index contributed by atoms with van der Waals surface area (Å²) in [7, 11) is 0. The SMILES string of the molecule is CCn1cc(CC(N)c2c(F)cccc2F)cn1. The van der Waals surface area contributed by atoms with Gasteiger partial charge in [-0.25, -0.2) is 8.78 Å². The molecule has 2 N–H and O–H groups in total. The minimum Gasteiger partial charge on any atom is -0.323 e. The van der Waals surface area contributed by atoms with Crippen molar-refractivity contribution in [3.05, 3.63) is 53.4 Å². The lowest BCUT2D eigenvalue weighted by atomic mass is 10.0. The third kappa shape index (κ3) is 2.56. The number of nitrogens with two attached hydrogens (primary N) is 1. The molecule has 0 spiro atoms. The second kappa shape index (κ2) is 5.27. The van der Waals surface area contributed by atoms with Gasteiger partial charge in [-0.3, -0.25) is 4.68 Å². The second-order valence-corrected chi connectivity index (χ2v) is 4.15. The van der Waals surface area contributed by atoms with Gasteiger partial charge in [0.25, 0.3) is 0 Å². The molecule has 1 atom stereocenters. The number of aryl methyl sites for hydroxylation is 1. The fourth-order valence-electron chi connectivity index (χ4n) is 1.91. The van der Waals surface area contributed by atoms with Crippen molar-refractivity contribution in [2.75, 3.05) is 0 Å². The van der Waals surface area contributed by atoms with Gasteiger partial charge in [-0.05, 0) is 31.0 Å². The Morgan fingerprint density at radius 2 is 2.00 bits per heavy atom. The quantitative estimate of drug-likeness (QED) is 0.907. The van der Waals surface area contributed by atoms with E-state index in [0.717, 1.165) is 12.1 Å². The fourth-order valence-corrected chi connectivity index (χ4v) is 1.91. The topological polar surface area (TPSA) is 43.8 Å². The van der Waals surface area contributed by atoms with E-state index >= 15 is 0 Å². The van der Waals surface area contributed by atoms with Crippen LogP contribution in [0, 0.1) is 11.6 Å². The van der Waals surface area contributed by atoms with Crippen LogP contribution in [0.2, 0.25) is 0 Å². The average Bonchev–Trinajstić information content (AvgIpc) is 2.76. The van der Waals surface area contributed by atoms with Crippen LogP contribution in [0.15, 0.2) is 30.6 Å². The number of halogens is 2. The van der Waals surface area contributed by atoms with Crippen molar-refractivity contribution < 1.29 is 8.78 Å². The molecule has 0 aliphatic rings. The highest BCUT2D eigenvalue weighted by Crippen LogP contribution is 2.21. The molecule has 1 aromatic carbocycles. The van der Waals surface area contributed by atoms with Crippen LogP contribution >= 0.6 is 0 Å². The zero-order valence-corrected chi connectivity index (χ0v) is 10.1. The standard InChI is InChI=1S/C13H15F2N3/c1-2-18-8-9(7-17-18)6-12(16)13-10(14)4-3-5-11(13)15/h3-5,7-8,12H,2,6,16H2,1H3. The van der Waals surface area contributed by atoms with E-state index in [1.165, 1.54) is 18.2 Å². The number of nitrogens with zero attached hydrogens (tertiary/aromatic N) is 2. The van der Waals surface area contributed by atoms with Crippen molar-refractivity contribution in [3.8, 4) is 0 Å². The highest BCUT2D eigenvalue weighted by Gasteiger charge is 2.17.